The summed E-state index contributed by atoms with van der Waals surface area (Å²) in [7, 11) is -2.94. The van der Waals surface area contributed by atoms with Crippen LogP contribution in [0.3, 0.4) is 0 Å². The Bertz CT molecular complexity index is 2300. The normalized spacial score (nSPS) is 21.8. The molecule has 1 unspecified atom stereocenters. The second-order valence-corrected chi connectivity index (χ2v) is 20.0. The van der Waals surface area contributed by atoms with E-state index >= 15 is 4.79 Å². The van der Waals surface area contributed by atoms with E-state index in [0.29, 0.717) is 41.8 Å². The first kappa shape index (κ1) is 38.4. The molecule has 3 N–H and O–H groups in total. The van der Waals surface area contributed by atoms with Crippen LogP contribution in [0.2, 0.25) is 18.6 Å². The van der Waals surface area contributed by atoms with Crippen LogP contribution in [0.15, 0.2) is 107 Å². The monoisotopic (exact) mass is 760 g/mol. The van der Waals surface area contributed by atoms with E-state index < -0.39 is 20.0 Å². The summed E-state index contributed by atoms with van der Waals surface area (Å²) >= 11 is 0. The molecule has 2 aliphatic rings. The van der Waals surface area contributed by atoms with E-state index in [4.69, 9.17) is 4.74 Å². The van der Waals surface area contributed by atoms with Crippen molar-refractivity contribution in [3.8, 4) is 5.69 Å². The first-order valence-electron chi connectivity index (χ1n) is 19.2. The minimum absolute atomic E-state index is 0.102. The topological polar surface area (TPSA) is 138 Å². The maximum absolute atomic E-state index is 15.1. The number of fused-ring (bicyclic) bond motifs is 3. The van der Waals surface area contributed by atoms with Gasteiger partial charge in [0.25, 0.3) is 11.5 Å². The van der Waals surface area contributed by atoms with Gasteiger partial charge in [-0.3, -0.25) is 19.4 Å². The van der Waals surface area contributed by atoms with E-state index in [-0.39, 0.29) is 35.5 Å². The highest BCUT2D eigenvalue weighted by Crippen LogP contribution is 2.60. The smallest absolute Gasteiger partial charge is 0.279 e. The fraction of sp³-hybridized carbons (Fsp3) is 0.395. The molecule has 288 valence electrons. The van der Waals surface area contributed by atoms with Crippen molar-refractivity contribution in [3.63, 3.8) is 0 Å². The number of anilines is 1. The van der Waals surface area contributed by atoms with Crippen molar-refractivity contribution >= 4 is 30.8 Å². The fourth-order valence-electron chi connectivity index (χ4n) is 8.73. The first-order chi connectivity index (χ1) is 26.3. The number of H-pyrrole nitrogens is 1. The van der Waals surface area contributed by atoms with Gasteiger partial charge in [0.15, 0.2) is 13.9 Å². The molecule has 1 saturated heterocycles. The Morgan fingerprint density at radius 3 is 2.49 bits per heavy atom. The third-order valence-electron chi connectivity index (χ3n) is 11.5. The summed E-state index contributed by atoms with van der Waals surface area (Å²) in [6.07, 6.45) is 8.04. The molecule has 4 heterocycles. The molecule has 0 bridgehead atoms. The summed E-state index contributed by atoms with van der Waals surface area (Å²) in [5.41, 5.74) is 5.01. The van der Waals surface area contributed by atoms with Crippen LogP contribution in [0.5, 0.6) is 0 Å². The van der Waals surface area contributed by atoms with Gasteiger partial charge in [-0.1, -0.05) is 77.9 Å². The Morgan fingerprint density at radius 2 is 1.78 bits per heavy atom. The number of aliphatic hydroxyl groups is 1. The van der Waals surface area contributed by atoms with Gasteiger partial charge in [0.1, 0.15) is 0 Å². The van der Waals surface area contributed by atoms with Crippen LogP contribution in [0, 0.1) is 5.92 Å². The maximum atomic E-state index is 15.1. The lowest BCUT2D eigenvalue weighted by Gasteiger charge is -2.32. The van der Waals surface area contributed by atoms with Gasteiger partial charge in [-0.05, 0) is 89.0 Å². The molecular formula is C43H52N6O5Si. The fourth-order valence-corrected chi connectivity index (χ4v) is 11.3. The lowest BCUT2D eigenvalue weighted by atomic mass is 9.82. The molecule has 55 heavy (non-hydrogen) atoms. The molecule has 2 aliphatic heterocycles. The summed E-state index contributed by atoms with van der Waals surface area (Å²) in [5, 5.41) is 22.9. The highest BCUT2D eigenvalue weighted by molar-refractivity contribution is 6.71. The third-order valence-corrected chi connectivity index (χ3v) is 14.0. The van der Waals surface area contributed by atoms with Gasteiger partial charge in [0.05, 0.1) is 46.6 Å². The van der Waals surface area contributed by atoms with Gasteiger partial charge in [0, 0.05) is 36.3 Å². The minimum Gasteiger partial charge on any atom is -0.432 e. The average Bonchev–Trinajstić information content (AvgIpc) is 3.90. The van der Waals surface area contributed by atoms with E-state index in [9.17, 15) is 14.7 Å². The zero-order valence-electron chi connectivity index (χ0n) is 32.6. The van der Waals surface area contributed by atoms with E-state index in [1.807, 2.05) is 97.8 Å². The average molecular weight is 761 g/mol. The minimum atomic E-state index is -2.94. The van der Waals surface area contributed by atoms with Gasteiger partial charge < -0.3 is 19.5 Å². The zero-order valence-corrected chi connectivity index (χ0v) is 33.6. The molecule has 3 aromatic carbocycles. The number of rotatable bonds is 13. The number of nitrogens with zero attached hydrogens (tertiary/aromatic N) is 5. The molecule has 11 nitrogen and oxygen atoms in total. The third kappa shape index (κ3) is 7.19. The lowest BCUT2D eigenvalue weighted by molar-refractivity contribution is -0.145. The van der Waals surface area contributed by atoms with Crippen molar-refractivity contribution in [2.45, 2.75) is 89.8 Å². The van der Waals surface area contributed by atoms with Crippen LogP contribution in [0.25, 0.3) is 16.6 Å². The number of allylic oxidation sites excluding steroid dienone is 3. The van der Waals surface area contributed by atoms with Gasteiger partial charge in [0.2, 0.25) is 0 Å². The van der Waals surface area contributed by atoms with Crippen LogP contribution >= 0.6 is 0 Å². The Hall–Kier alpha value is -4.88. The number of aryl methyl sites for hydroxylation is 1. The summed E-state index contributed by atoms with van der Waals surface area (Å²) in [4.78, 5) is 42.4. The standard InChI is InChI=1S/C43H52N6O5Si/c1-28(2)13-12-14-29(3)21-24-48-38-20-19-32(49-41(51)33-17-10-11-18-36(33)45-49)25-35(38)43(42(48)52)30(4)40(55(5,6)53)39(54-43)22-23-47-26-37(44-46-47)34(27-50)31-15-8-7-9-16-31/h7-11,13,15-21,25-26,30,34,39-40,45,50,53H,12,14,22-24,27H2,1-6H3/b29-21+/t30-,34?,39+,40-,43+/m1/s1. The number of aromatic nitrogens is 5. The van der Waals surface area contributed by atoms with Crippen molar-refractivity contribution < 1.29 is 19.4 Å². The molecule has 12 heteroatoms. The summed E-state index contributed by atoms with van der Waals surface area (Å²) in [6.45, 7) is 12.9. The molecule has 5 atom stereocenters. The number of nitrogens with one attached hydrogen (secondary N) is 1. The highest BCUT2D eigenvalue weighted by atomic mass is 28.4. The highest BCUT2D eigenvalue weighted by Gasteiger charge is 2.66. The molecule has 5 aromatic rings. The van der Waals surface area contributed by atoms with Crippen LogP contribution in [0.4, 0.5) is 5.69 Å². The molecule has 2 aromatic heterocycles. The van der Waals surface area contributed by atoms with E-state index in [1.54, 1.807) is 10.7 Å². The molecule has 1 amide bonds. The molecule has 0 aliphatic carbocycles. The van der Waals surface area contributed by atoms with Crippen LogP contribution in [0.1, 0.15) is 69.7 Å². The van der Waals surface area contributed by atoms with Crippen molar-refractivity contribution in [2.24, 2.45) is 5.92 Å². The van der Waals surface area contributed by atoms with E-state index in [1.165, 1.54) is 15.8 Å². The maximum Gasteiger partial charge on any atom is 0.279 e. The molecular weight excluding hydrogens is 709 g/mol. The summed E-state index contributed by atoms with van der Waals surface area (Å²) in [5.74, 6) is -0.840. The molecule has 7 rings (SSSR count). The lowest BCUT2D eigenvalue weighted by Crippen LogP contribution is -2.46. The van der Waals surface area contributed by atoms with Crippen LogP contribution in [-0.4, -0.2) is 68.2 Å². The SMILES string of the molecule is CC(C)=CCC/C(C)=C/CN1C(=O)[C@@]2(O[C@@H](CCn3cc(C(CO)c4ccccc4)nn3)[C@H]([Si](C)(C)O)[C@H]2C)c2cc(-n3[nH]c4ccccc4c3=O)ccc21. The number of ether oxygens (including phenoxy) is 1. The quantitative estimate of drug-likeness (QED) is 0.0872. The number of amides is 1. The van der Waals surface area contributed by atoms with Gasteiger partial charge in [-0.15, -0.1) is 5.10 Å². The second-order valence-electron chi connectivity index (χ2n) is 16.0. The number of para-hydroxylation sites is 1. The largest absolute Gasteiger partial charge is 0.432 e. The van der Waals surface area contributed by atoms with E-state index in [0.717, 1.165) is 29.6 Å². The number of benzene rings is 3. The Labute approximate surface area is 323 Å². The number of aromatic amines is 1. The van der Waals surface area contributed by atoms with Crippen molar-refractivity contribution in [3.05, 3.63) is 129 Å². The van der Waals surface area contributed by atoms with Gasteiger partial charge >= 0.3 is 0 Å². The Morgan fingerprint density at radius 1 is 1.04 bits per heavy atom. The summed E-state index contributed by atoms with van der Waals surface area (Å²) < 4.78 is 10.4. The second kappa shape index (κ2) is 15.3. The number of carbonyl (C=O) groups is 1. The van der Waals surface area contributed by atoms with Crippen molar-refractivity contribution in [2.75, 3.05) is 18.1 Å². The van der Waals surface area contributed by atoms with Crippen LogP contribution < -0.4 is 10.5 Å². The number of carbonyl (C=O) groups excluding carboxylic acids is 1. The van der Waals surface area contributed by atoms with E-state index in [2.05, 4.69) is 48.3 Å². The Kier molecular flexibility index (Phi) is 10.7. The molecule has 1 spiro atoms. The molecule has 0 radical (unpaired) electrons. The van der Waals surface area contributed by atoms with Gasteiger partial charge in [-0.25, -0.2) is 4.68 Å². The van der Waals surface area contributed by atoms with Gasteiger partial charge in [-0.2, -0.15) is 0 Å². The van der Waals surface area contributed by atoms with Crippen molar-refractivity contribution in [1.29, 1.82) is 0 Å². The molecule has 1 fully saturated rings. The number of aliphatic hydroxyl groups excluding tert-OH is 1. The summed E-state index contributed by atoms with van der Waals surface area (Å²) in [6, 6.07) is 22.8. The predicted octanol–water partition coefficient (Wildman–Crippen LogP) is 6.96. The predicted molar refractivity (Wildman–Crippen MR) is 218 cm³/mol. The van der Waals surface area contributed by atoms with Crippen molar-refractivity contribution in [1.82, 2.24) is 24.8 Å². The van der Waals surface area contributed by atoms with Crippen LogP contribution in [-0.2, 0) is 21.7 Å². The zero-order chi connectivity index (χ0) is 39.1. The number of hydrogen-bond acceptors (Lipinski definition) is 7. The number of hydrogen-bond donors (Lipinski definition) is 3. The first-order valence-corrected chi connectivity index (χ1v) is 22.3. The molecule has 0 saturated carbocycles. The Balaban J connectivity index is 1.25.